The Morgan fingerprint density at radius 1 is 0.903 bits per heavy atom. The second-order valence-corrected chi connectivity index (χ2v) is 7.66. The van der Waals surface area contributed by atoms with Gasteiger partial charge in [0.1, 0.15) is 15.7 Å². The van der Waals surface area contributed by atoms with Gasteiger partial charge in [-0.1, -0.05) is 6.07 Å². The van der Waals surface area contributed by atoms with Crippen LogP contribution >= 0.6 is 11.3 Å². The molecule has 31 heavy (non-hydrogen) atoms. The Kier molecular flexibility index (Phi) is 5.81. The van der Waals surface area contributed by atoms with E-state index in [1.54, 1.807) is 67.8 Å². The SMILES string of the molecule is Cc1nc(-c2ccc(F)cc2)sc1C(=O)Nc1cccc(C(=O)Nc2ccncc2)c1. The zero-order chi connectivity index (χ0) is 21.8. The molecule has 0 saturated heterocycles. The summed E-state index contributed by atoms with van der Waals surface area (Å²) >= 11 is 1.23. The molecule has 0 aliphatic rings. The average Bonchev–Trinajstić information content (AvgIpc) is 3.17. The van der Waals surface area contributed by atoms with E-state index in [1.807, 2.05) is 0 Å². The Morgan fingerprint density at radius 3 is 2.35 bits per heavy atom. The van der Waals surface area contributed by atoms with Gasteiger partial charge in [0.15, 0.2) is 0 Å². The van der Waals surface area contributed by atoms with E-state index in [0.29, 0.717) is 32.5 Å². The fourth-order valence-electron chi connectivity index (χ4n) is 2.89. The van der Waals surface area contributed by atoms with E-state index in [4.69, 9.17) is 0 Å². The molecule has 0 spiro atoms. The van der Waals surface area contributed by atoms with Gasteiger partial charge in [-0.3, -0.25) is 14.6 Å². The predicted octanol–water partition coefficient (Wildman–Crippen LogP) is 5.16. The third-order valence-corrected chi connectivity index (χ3v) is 5.62. The fraction of sp³-hybridized carbons (Fsp3) is 0.0435. The number of pyridine rings is 1. The molecule has 6 nitrogen and oxygen atoms in total. The number of aryl methyl sites for hydroxylation is 1. The monoisotopic (exact) mass is 432 g/mol. The van der Waals surface area contributed by atoms with Crippen LogP contribution in [-0.2, 0) is 0 Å². The maximum atomic E-state index is 13.2. The molecule has 0 unspecified atom stereocenters. The highest BCUT2D eigenvalue weighted by Crippen LogP contribution is 2.28. The van der Waals surface area contributed by atoms with E-state index < -0.39 is 0 Å². The highest BCUT2D eigenvalue weighted by Gasteiger charge is 2.17. The number of benzene rings is 2. The fourth-order valence-corrected chi connectivity index (χ4v) is 3.85. The van der Waals surface area contributed by atoms with Crippen LogP contribution in [0, 0.1) is 12.7 Å². The van der Waals surface area contributed by atoms with Gasteiger partial charge in [0.2, 0.25) is 0 Å². The highest BCUT2D eigenvalue weighted by molar-refractivity contribution is 7.17. The number of aromatic nitrogens is 2. The summed E-state index contributed by atoms with van der Waals surface area (Å²) < 4.78 is 13.2. The Labute approximate surface area is 181 Å². The lowest BCUT2D eigenvalue weighted by molar-refractivity contribution is 0.101. The second kappa shape index (κ2) is 8.85. The summed E-state index contributed by atoms with van der Waals surface area (Å²) in [5.74, 6) is -0.951. The van der Waals surface area contributed by atoms with Gasteiger partial charge in [-0.2, -0.15) is 0 Å². The Balaban J connectivity index is 1.49. The Hall–Kier alpha value is -3.91. The van der Waals surface area contributed by atoms with Crippen molar-refractivity contribution in [3.8, 4) is 10.6 Å². The summed E-state index contributed by atoms with van der Waals surface area (Å²) in [6.07, 6.45) is 3.17. The average molecular weight is 432 g/mol. The third kappa shape index (κ3) is 4.81. The molecule has 0 radical (unpaired) electrons. The van der Waals surface area contributed by atoms with Crippen molar-refractivity contribution in [2.24, 2.45) is 0 Å². The van der Waals surface area contributed by atoms with Crippen LogP contribution in [0.3, 0.4) is 0 Å². The molecule has 0 saturated carbocycles. The van der Waals surface area contributed by atoms with Crippen molar-refractivity contribution >= 4 is 34.5 Å². The van der Waals surface area contributed by atoms with Crippen molar-refractivity contribution in [2.45, 2.75) is 6.92 Å². The first-order valence-corrected chi connectivity index (χ1v) is 10.2. The summed E-state index contributed by atoms with van der Waals surface area (Å²) in [4.78, 5) is 34.1. The second-order valence-electron chi connectivity index (χ2n) is 6.67. The molecule has 4 aromatic rings. The van der Waals surface area contributed by atoms with Crippen LogP contribution in [0.25, 0.3) is 10.6 Å². The molecule has 2 amide bonds. The highest BCUT2D eigenvalue weighted by atomic mass is 32.1. The number of thiazole rings is 1. The Morgan fingerprint density at radius 2 is 1.61 bits per heavy atom. The number of carbonyl (C=O) groups is 2. The van der Waals surface area contributed by atoms with E-state index >= 15 is 0 Å². The van der Waals surface area contributed by atoms with Crippen molar-refractivity contribution in [2.75, 3.05) is 10.6 Å². The van der Waals surface area contributed by atoms with Gasteiger partial charge in [-0.05, 0) is 61.5 Å². The quantitative estimate of drug-likeness (QED) is 0.456. The smallest absolute Gasteiger partial charge is 0.267 e. The van der Waals surface area contributed by atoms with Crippen LogP contribution in [0.1, 0.15) is 25.7 Å². The van der Waals surface area contributed by atoms with E-state index in [2.05, 4.69) is 20.6 Å². The molecule has 8 heteroatoms. The molecule has 2 aromatic carbocycles. The minimum Gasteiger partial charge on any atom is -0.322 e. The number of hydrogen-bond donors (Lipinski definition) is 2. The zero-order valence-corrected chi connectivity index (χ0v) is 17.2. The van der Waals surface area contributed by atoms with Crippen molar-refractivity contribution in [3.63, 3.8) is 0 Å². The van der Waals surface area contributed by atoms with Crippen molar-refractivity contribution in [3.05, 3.63) is 95.0 Å². The number of carbonyl (C=O) groups excluding carboxylic acids is 2. The molecular weight excluding hydrogens is 415 g/mol. The molecule has 2 heterocycles. The molecule has 0 fully saturated rings. The maximum Gasteiger partial charge on any atom is 0.267 e. The molecular formula is C23H17FN4O2S. The molecule has 2 N–H and O–H groups in total. The molecule has 0 aliphatic carbocycles. The predicted molar refractivity (Wildman–Crippen MR) is 119 cm³/mol. The van der Waals surface area contributed by atoms with Gasteiger partial charge in [0.05, 0.1) is 5.69 Å². The van der Waals surface area contributed by atoms with Gasteiger partial charge in [-0.25, -0.2) is 9.37 Å². The summed E-state index contributed by atoms with van der Waals surface area (Å²) in [5, 5.41) is 6.22. The number of rotatable bonds is 5. The lowest BCUT2D eigenvalue weighted by Gasteiger charge is -2.08. The molecule has 154 valence electrons. The normalized spacial score (nSPS) is 10.5. The minimum atomic E-state index is -0.331. The topological polar surface area (TPSA) is 84.0 Å². The number of amides is 2. The number of nitrogens with one attached hydrogen (secondary N) is 2. The largest absolute Gasteiger partial charge is 0.322 e. The molecule has 4 rings (SSSR count). The number of nitrogens with zero attached hydrogens (tertiary/aromatic N) is 2. The van der Waals surface area contributed by atoms with Crippen molar-refractivity contribution in [1.29, 1.82) is 0 Å². The van der Waals surface area contributed by atoms with E-state index in [0.717, 1.165) is 5.56 Å². The van der Waals surface area contributed by atoms with Crippen molar-refractivity contribution < 1.29 is 14.0 Å². The van der Waals surface area contributed by atoms with E-state index in [9.17, 15) is 14.0 Å². The Bertz CT molecular complexity index is 1240. The standard InChI is InChI=1S/C23H17FN4O2S/c1-14-20(31-23(26-14)15-5-7-17(24)8-6-15)22(30)28-19-4-2-3-16(13-19)21(29)27-18-9-11-25-12-10-18/h2-13H,1H3,(H,28,30)(H,25,27,29). The van der Waals surface area contributed by atoms with Gasteiger partial charge in [-0.15, -0.1) is 11.3 Å². The van der Waals surface area contributed by atoms with E-state index in [-0.39, 0.29) is 17.6 Å². The number of anilines is 2. The zero-order valence-electron chi connectivity index (χ0n) is 16.4. The summed E-state index contributed by atoms with van der Waals surface area (Å²) in [6, 6.07) is 16.0. The van der Waals surface area contributed by atoms with Crippen LogP contribution in [0.2, 0.25) is 0 Å². The van der Waals surface area contributed by atoms with E-state index in [1.165, 1.54) is 23.5 Å². The van der Waals surface area contributed by atoms with Crippen LogP contribution in [0.15, 0.2) is 73.1 Å². The van der Waals surface area contributed by atoms with Crippen molar-refractivity contribution in [1.82, 2.24) is 9.97 Å². The third-order valence-electron chi connectivity index (χ3n) is 4.41. The summed E-state index contributed by atoms with van der Waals surface area (Å²) in [7, 11) is 0. The first kappa shape index (κ1) is 20.4. The minimum absolute atomic E-state index is 0.296. The van der Waals surface area contributed by atoms with Gasteiger partial charge >= 0.3 is 0 Å². The molecule has 2 aromatic heterocycles. The van der Waals surface area contributed by atoms with Crippen LogP contribution in [0.5, 0.6) is 0 Å². The summed E-state index contributed by atoms with van der Waals surface area (Å²) in [6.45, 7) is 1.75. The lowest BCUT2D eigenvalue weighted by atomic mass is 10.2. The van der Waals surface area contributed by atoms with Crippen LogP contribution in [0.4, 0.5) is 15.8 Å². The molecule has 0 atom stereocenters. The first-order valence-electron chi connectivity index (χ1n) is 9.36. The first-order chi connectivity index (χ1) is 15.0. The van der Waals surface area contributed by atoms with Gasteiger partial charge < -0.3 is 10.6 Å². The molecule has 0 bridgehead atoms. The van der Waals surface area contributed by atoms with Crippen LogP contribution < -0.4 is 10.6 Å². The summed E-state index contributed by atoms with van der Waals surface area (Å²) in [5.41, 5.74) is 2.84. The lowest BCUT2D eigenvalue weighted by Crippen LogP contribution is -2.14. The maximum absolute atomic E-state index is 13.2. The van der Waals surface area contributed by atoms with Crippen LogP contribution in [-0.4, -0.2) is 21.8 Å². The van der Waals surface area contributed by atoms with Gasteiger partial charge in [0.25, 0.3) is 11.8 Å². The number of hydrogen-bond acceptors (Lipinski definition) is 5. The van der Waals surface area contributed by atoms with Gasteiger partial charge in [0, 0.05) is 34.9 Å². The molecule has 0 aliphatic heterocycles. The number of halogens is 1.